The Bertz CT molecular complexity index is 298. The van der Waals surface area contributed by atoms with Crippen molar-refractivity contribution in [2.45, 2.75) is 33.1 Å². The summed E-state index contributed by atoms with van der Waals surface area (Å²) >= 11 is 0. The summed E-state index contributed by atoms with van der Waals surface area (Å²) in [7, 11) is -0.859. The Kier molecular flexibility index (Phi) is 4.18. The Labute approximate surface area is 93.6 Å². The molecule has 1 N–H and O–H groups in total. The molecule has 1 saturated heterocycles. The summed E-state index contributed by atoms with van der Waals surface area (Å²) in [5, 5.41) is 3.15. The molecule has 1 unspecified atom stereocenters. The van der Waals surface area contributed by atoms with Gasteiger partial charge in [-0.05, 0) is 31.2 Å². The normalized spacial score (nSPS) is 29.9. The van der Waals surface area contributed by atoms with Crippen LogP contribution in [0.2, 0.25) is 0 Å². The molecule has 1 aliphatic rings. The molecular formula is C11H23NO2S. The van der Waals surface area contributed by atoms with Crippen molar-refractivity contribution in [3.05, 3.63) is 0 Å². The molecule has 0 amide bonds. The fourth-order valence-electron chi connectivity index (χ4n) is 2.38. The van der Waals surface area contributed by atoms with E-state index in [2.05, 4.69) is 19.2 Å². The molecule has 15 heavy (non-hydrogen) atoms. The van der Waals surface area contributed by atoms with Gasteiger partial charge in [0.05, 0.1) is 11.5 Å². The molecule has 1 fully saturated rings. The molecule has 0 bridgehead atoms. The van der Waals surface area contributed by atoms with Crippen LogP contribution in [-0.4, -0.2) is 33.5 Å². The van der Waals surface area contributed by atoms with Gasteiger partial charge >= 0.3 is 0 Å². The Morgan fingerprint density at radius 3 is 2.47 bits per heavy atom. The largest absolute Gasteiger partial charge is 0.319 e. The highest BCUT2D eigenvalue weighted by Crippen LogP contribution is 2.37. The first-order valence-corrected chi connectivity index (χ1v) is 7.56. The summed E-state index contributed by atoms with van der Waals surface area (Å²) in [6, 6.07) is 0. The van der Waals surface area contributed by atoms with E-state index in [1.165, 1.54) is 0 Å². The van der Waals surface area contributed by atoms with Crippen LogP contribution in [-0.2, 0) is 9.84 Å². The van der Waals surface area contributed by atoms with Crippen molar-refractivity contribution in [2.75, 3.05) is 25.1 Å². The molecule has 1 aliphatic heterocycles. The standard InChI is InChI=1S/C11H23NO2S/c1-10(2)4-5-11(8-12-3)6-7-15(13,14)9-11/h10,12H,4-9H2,1-3H3. The minimum atomic E-state index is -2.76. The second-order valence-corrected chi connectivity index (χ2v) is 7.49. The van der Waals surface area contributed by atoms with E-state index in [1.807, 2.05) is 7.05 Å². The molecule has 1 atom stereocenters. The van der Waals surface area contributed by atoms with Gasteiger partial charge in [0.1, 0.15) is 0 Å². The van der Waals surface area contributed by atoms with E-state index >= 15 is 0 Å². The maximum absolute atomic E-state index is 11.5. The maximum atomic E-state index is 11.5. The van der Waals surface area contributed by atoms with Gasteiger partial charge in [-0.3, -0.25) is 0 Å². The lowest BCUT2D eigenvalue weighted by Gasteiger charge is -2.28. The fraction of sp³-hybridized carbons (Fsp3) is 1.00. The van der Waals surface area contributed by atoms with Crippen molar-refractivity contribution in [1.82, 2.24) is 5.32 Å². The van der Waals surface area contributed by atoms with E-state index in [0.29, 0.717) is 17.4 Å². The smallest absolute Gasteiger partial charge is 0.150 e. The molecule has 1 heterocycles. The average molecular weight is 233 g/mol. The van der Waals surface area contributed by atoms with E-state index in [0.717, 1.165) is 25.8 Å². The minimum absolute atomic E-state index is 0.0118. The number of rotatable bonds is 5. The van der Waals surface area contributed by atoms with Crippen molar-refractivity contribution in [3.63, 3.8) is 0 Å². The highest BCUT2D eigenvalue weighted by atomic mass is 32.2. The second-order valence-electron chi connectivity index (χ2n) is 5.30. The third-order valence-corrected chi connectivity index (χ3v) is 5.15. The van der Waals surface area contributed by atoms with Gasteiger partial charge in [0.25, 0.3) is 0 Å². The monoisotopic (exact) mass is 233 g/mol. The van der Waals surface area contributed by atoms with Gasteiger partial charge < -0.3 is 5.32 Å². The molecule has 0 radical (unpaired) electrons. The van der Waals surface area contributed by atoms with E-state index in [4.69, 9.17) is 0 Å². The molecule has 3 nitrogen and oxygen atoms in total. The summed E-state index contributed by atoms with van der Waals surface area (Å²) in [6.07, 6.45) is 2.99. The van der Waals surface area contributed by atoms with Crippen LogP contribution >= 0.6 is 0 Å². The van der Waals surface area contributed by atoms with Crippen molar-refractivity contribution in [1.29, 1.82) is 0 Å². The molecule has 0 aliphatic carbocycles. The van der Waals surface area contributed by atoms with E-state index in [1.54, 1.807) is 0 Å². The highest BCUT2D eigenvalue weighted by Gasteiger charge is 2.41. The number of sulfone groups is 1. The zero-order chi connectivity index (χ0) is 11.5. The molecular weight excluding hydrogens is 210 g/mol. The lowest BCUT2D eigenvalue weighted by atomic mass is 9.81. The molecule has 0 aromatic rings. The summed E-state index contributed by atoms with van der Waals surface area (Å²) in [4.78, 5) is 0. The number of hydrogen-bond acceptors (Lipinski definition) is 3. The highest BCUT2D eigenvalue weighted by molar-refractivity contribution is 7.91. The number of nitrogens with one attached hydrogen (secondary N) is 1. The fourth-order valence-corrected chi connectivity index (χ4v) is 4.59. The van der Waals surface area contributed by atoms with Crippen LogP contribution in [0.15, 0.2) is 0 Å². The van der Waals surface area contributed by atoms with E-state index in [-0.39, 0.29) is 5.41 Å². The molecule has 90 valence electrons. The summed E-state index contributed by atoms with van der Waals surface area (Å²) < 4.78 is 23.1. The summed E-state index contributed by atoms with van der Waals surface area (Å²) in [5.41, 5.74) is 0.0118. The third-order valence-electron chi connectivity index (χ3n) is 3.27. The van der Waals surface area contributed by atoms with E-state index < -0.39 is 9.84 Å². The molecule has 1 rings (SSSR count). The Hall–Kier alpha value is -0.0900. The van der Waals surface area contributed by atoms with Crippen LogP contribution in [0.25, 0.3) is 0 Å². The van der Waals surface area contributed by atoms with Gasteiger partial charge in [-0.25, -0.2) is 8.42 Å². The summed E-state index contributed by atoms with van der Waals surface area (Å²) in [5.74, 6) is 1.42. The van der Waals surface area contributed by atoms with Gasteiger partial charge in [-0.2, -0.15) is 0 Å². The zero-order valence-corrected chi connectivity index (χ0v) is 10.9. The second kappa shape index (κ2) is 4.83. The van der Waals surface area contributed by atoms with Crippen LogP contribution < -0.4 is 5.32 Å². The summed E-state index contributed by atoms with van der Waals surface area (Å²) in [6.45, 7) is 5.21. The van der Waals surface area contributed by atoms with Crippen LogP contribution in [0.1, 0.15) is 33.1 Å². The van der Waals surface area contributed by atoms with E-state index in [9.17, 15) is 8.42 Å². The molecule has 0 spiro atoms. The van der Waals surface area contributed by atoms with Crippen LogP contribution in [0, 0.1) is 11.3 Å². The predicted octanol–water partition coefficient (Wildman–Crippen LogP) is 1.45. The molecule has 4 heteroatoms. The van der Waals surface area contributed by atoms with Crippen molar-refractivity contribution in [2.24, 2.45) is 11.3 Å². The van der Waals surface area contributed by atoms with Gasteiger partial charge in [-0.1, -0.05) is 20.3 Å². The lowest BCUT2D eigenvalue weighted by Crippen LogP contribution is -2.34. The Morgan fingerprint density at radius 1 is 1.40 bits per heavy atom. The Morgan fingerprint density at radius 2 is 2.07 bits per heavy atom. The van der Waals surface area contributed by atoms with Crippen LogP contribution in [0.3, 0.4) is 0 Å². The quantitative estimate of drug-likeness (QED) is 0.782. The first-order valence-electron chi connectivity index (χ1n) is 5.74. The maximum Gasteiger partial charge on any atom is 0.150 e. The van der Waals surface area contributed by atoms with Gasteiger partial charge in [0.15, 0.2) is 9.84 Å². The zero-order valence-electron chi connectivity index (χ0n) is 10.0. The predicted molar refractivity (Wildman–Crippen MR) is 63.7 cm³/mol. The van der Waals surface area contributed by atoms with Gasteiger partial charge in [-0.15, -0.1) is 0 Å². The first kappa shape index (κ1) is 13.0. The van der Waals surface area contributed by atoms with Crippen molar-refractivity contribution in [3.8, 4) is 0 Å². The SMILES string of the molecule is CNCC1(CCC(C)C)CCS(=O)(=O)C1. The molecule has 0 aromatic carbocycles. The lowest BCUT2D eigenvalue weighted by molar-refractivity contribution is 0.274. The minimum Gasteiger partial charge on any atom is -0.319 e. The van der Waals surface area contributed by atoms with Crippen LogP contribution in [0.5, 0.6) is 0 Å². The van der Waals surface area contributed by atoms with Crippen molar-refractivity contribution < 1.29 is 8.42 Å². The molecule has 0 saturated carbocycles. The van der Waals surface area contributed by atoms with Crippen molar-refractivity contribution >= 4 is 9.84 Å². The first-order chi connectivity index (χ1) is 6.89. The van der Waals surface area contributed by atoms with Crippen LogP contribution in [0.4, 0.5) is 0 Å². The Balaban J connectivity index is 2.64. The van der Waals surface area contributed by atoms with Gasteiger partial charge in [0.2, 0.25) is 0 Å². The third kappa shape index (κ3) is 3.76. The van der Waals surface area contributed by atoms with Gasteiger partial charge in [0, 0.05) is 6.54 Å². The molecule has 0 aromatic heterocycles. The topological polar surface area (TPSA) is 46.2 Å². The number of hydrogen-bond donors (Lipinski definition) is 1. The average Bonchev–Trinajstić information content (AvgIpc) is 2.40.